The van der Waals surface area contributed by atoms with Gasteiger partial charge in [0.2, 0.25) is 0 Å². The highest BCUT2D eigenvalue weighted by Crippen LogP contribution is 2.32. The molecule has 1 aromatic heterocycles. The molecule has 0 bridgehead atoms. The van der Waals surface area contributed by atoms with Gasteiger partial charge in [-0.1, -0.05) is 0 Å². The Morgan fingerprint density at radius 2 is 2.38 bits per heavy atom. The van der Waals surface area contributed by atoms with E-state index in [1.54, 1.807) is 18.3 Å². The first-order valence-corrected chi connectivity index (χ1v) is 7.19. The lowest BCUT2D eigenvalue weighted by Crippen LogP contribution is -2.19. The van der Waals surface area contributed by atoms with Crippen LogP contribution in [0, 0.1) is 0 Å². The zero-order valence-electron chi connectivity index (χ0n) is 11.9. The van der Waals surface area contributed by atoms with Crippen LogP contribution in [0.5, 0.6) is 5.75 Å². The van der Waals surface area contributed by atoms with Gasteiger partial charge in [0.1, 0.15) is 11.3 Å². The van der Waals surface area contributed by atoms with Gasteiger partial charge in [-0.15, -0.1) is 0 Å². The molecular formula is C15H18N2O4. The predicted molar refractivity (Wildman–Crippen MR) is 76.7 cm³/mol. The molecule has 112 valence electrons. The Hall–Kier alpha value is -2.08. The van der Waals surface area contributed by atoms with Crippen LogP contribution in [0.4, 0.5) is 0 Å². The summed E-state index contributed by atoms with van der Waals surface area (Å²) in [6, 6.07) is 3.17. The van der Waals surface area contributed by atoms with Gasteiger partial charge in [-0.3, -0.25) is 0 Å². The van der Waals surface area contributed by atoms with E-state index in [0.717, 1.165) is 36.8 Å². The Kier molecular flexibility index (Phi) is 3.79. The van der Waals surface area contributed by atoms with Crippen molar-refractivity contribution in [1.29, 1.82) is 0 Å². The number of carboxylic acid groups (broad SMARTS) is 1. The van der Waals surface area contributed by atoms with Crippen LogP contribution < -0.4 is 4.74 Å². The highest BCUT2D eigenvalue weighted by atomic mass is 16.5. The van der Waals surface area contributed by atoms with Gasteiger partial charge in [0, 0.05) is 12.0 Å². The second-order valence-electron chi connectivity index (χ2n) is 5.06. The summed E-state index contributed by atoms with van der Waals surface area (Å²) in [5, 5.41) is 14.3. The molecule has 6 heteroatoms. The van der Waals surface area contributed by atoms with E-state index < -0.39 is 5.97 Å². The zero-order chi connectivity index (χ0) is 14.8. The number of ether oxygens (including phenoxy) is 2. The van der Waals surface area contributed by atoms with Gasteiger partial charge in [-0.05, 0) is 38.3 Å². The summed E-state index contributed by atoms with van der Waals surface area (Å²) >= 11 is 0. The third-order valence-electron chi connectivity index (χ3n) is 3.63. The Balaban J connectivity index is 2.11. The molecule has 0 spiro atoms. The van der Waals surface area contributed by atoms with E-state index in [0.29, 0.717) is 12.4 Å². The van der Waals surface area contributed by atoms with Gasteiger partial charge >= 0.3 is 5.97 Å². The molecule has 21 heavy (non-hydrogen) atoms. The molecule has 1 aliphatic rings. The summed E-state index contributed by atoms with van der Waals surface area (Å²) in [4.78, 5) is 11.2. The second kappa shape index (κ2) is 5.73. The largest absolute Gasteiger partial charge is 0.492 e. The maximum Gasteiger partial charge on any atom is 0.335 e. The molecule has 1 saturated heterocycles. The van der Waals surface area contributed by atoms with Gasteiger partial charge in [0.05, 0.1) is 18.4 Å². The number of benzene rings is 1. The lowest BCUT2D eigenvalue weighted by Gasteiger charge is -2.24. The van der Waals surface area contributed by atoms with Gasteiger partial charge in [0.15, 0.2) is 6.23 Å². The molecule has 1 aromatic carbocycles. The highest BCUT2D eigenvalue weighted by molar-refractivity contribution is 5.96. The molecule has 2 heterocycles. The van der Waals surface area contributed by atoms with Crippen molar-refractivity contribution in [3.63, 3.8) is 0 Å². The SMILES string of the molecule is CCOc1cc(C(=O)O)cc2cnn(C3CCCCO3)c12. The Morgan fingerprint density at radius 3 is 3.05 bits per heavy atom. The molecule has 1 atom stereocenters. The first kappa shape index (κ1) is 13.9. The molecule has 1 aliphatic heterocycles. The Morgan fingerprint density at radius 1 is 1.52 bits per heavy atom. The lowest BCUT2D eigenvalue weighted by molar-refractivity contribution is -0.0368. The Bertz CT molecular complexity index is 659. The number of nitrogens with zero attached hydrogens (tertiary/aromatic N) is 2. The summed E-state index contributed by atoms with van der Waals surface area (Å²) in [6.45, 7) is 3.06. The van der Waals surface area contributed by atoms with Crippen LogP contribution in [0.1, 0.15) is 42.8 Å². The van der Waals surface area contributed by atoms with Crippen molar-refractivity contribution < 1.29 is 19.4 Å². The highest BCUT2D eigenvalue weighted by Gasteiger charge is 2.22. The summed E-state index contributed by atoms with van der Waals surface area (Å²) in [6.07, 6.45) is 4.64. The van der Waals surface area contributed by atoms with Crippen LogP contribution in [0.15, 0.2) is 18.3 Å². The summed E-state index contributed by atoms with van der Waals surface area (Å²) in [5.74, 6) is -0.432. The number of carbonyl (C=O) groups is 1. The molecule has 0 radical (unpaired) electrons. The standard InChI is InChI=1S/C15H18N2O4/c1-2-20-12-8-10(15(18)19)7-11-9-16-17(14(11)12)13-5-3-4-6-21-13/h7-9,13H,2-6H2,1H3,(H,18,19). The summed E-state index contributed by atoms with van der Waals surface area (Å²) in [7, 11) is 0. The maximum atomic E-state index is 11.2. The first-order valence-electron chi connectivity index (χ1n) is 7.19. The van der Waals surface area contributed by atoms with Gasteiger partial charge in [0.25, 0.3) is 0 Å². The fraction of sp³-hybridized carbons (Fsp3) is 0.467. The van der Waals surface area contributed by atoms with Gasteiger partial charge < -0.3 is 14.6 Å². The van der Waals surface area contributed by atoms with Gasteiger partial charge in [-0.2, -0.15) is 5.10 Å². The van der Waals surface area contributed by atoms with Crippen molar-refractivity contribution in [2.45, 2.75) is 32.4 Å². The molecule has 1 fully saturated rings. The minimum absolute atomic E-state index is 0.105. The molecule has 0 saturated carbocycles. The molecule has 6 nitrogen and oxygen atoms in total. The molecule has 0 amide bonds. The summed E-state index contributed by atoms with van der Waals surface area (Å²) < 4.78 is 13.2. The number of aromatic nitrogens is 2. The monoisotopic (exact) mass is 290 g/mol. The summed E-state index contributed by atoms with van der Waals surface area (Å²) in [5.41, 5.74) is 1.00. The quantitative estimate of drug-likeness (QED) is 0.937. The van der Waals surface area contributed by atoms with Crippen molar-refractivity contribution in [2.75, 3.05) is 13.2 Å². The fourth-order valence-corrected chi connectivity index (χ4v) is 2.68. The number of fused-ring (bicyclic) bond motifs is 1. The number of rotatable bonds is 4. The van der Waals surface area contributed by atoms with E-state index in [4.69, 9.17) is 9.47 Å². The van der Waals surface area contributed by atoms with E-state index in [2.05, 4.69) is 5.10 Å². The Labute approximate surface area is 122 Å². The zero-order valence-corrected chi connectivity index (χ0v) is 11.9. The predicted octanol–water partition coefficient (Wildman–Crippen LogP) is 2.83. The van der Waals surface area contributed by atoms with Crippen LogP contribution in [0.25, 0.3) is 10.9 Å². The van der Waals surface area contributed by atoms with Crippen LogP contribution in [0.2, 0.25) is 0 Å². The molecule has 3 rings (SSSR count). The lowest BCUT2D eigenvalue weighted by atomic mass is 10.1. The number of aromatic carboxylic acids is 1. The fourth-order valence-electron chi connectivity index (χ4n) is 2.68. The van der Waals surface area contributed by atoms with Crippen LogP contribution >= 0.6 is 0 Å². The van der Waals surface area contributed by atoms with Crippen LogP contribution in [-0.2, 0) is 4.74 Å². The van der Waals surface area contributed by atoms with E-state index in [1.807, 2.05) is 11.6 Å². The van der Waals surface area contributed by atoms with Crippen molar-refractivity contribution in [3.05, 3.63) is 23.9 Å². The van der Waals surface area contributed by atoms with E-state index in [9.17, 15) is 9.90 Å². The van der Waals surface area contributed by atoms with E-state index in [1.165, 1.54) is 0 Å². The van der Waals surface area contributed by atoms with E-state index >= 15 is 0 Å². The maximum absolute atomic E-state index is 11.2. The number of carboxylic acids is 1. The van der Waals surface area contributed by atoms with Crippen molar-refractivity contribution in [1.82, 2.24) is 9.78 Å². The van der Waals surface area contributed by atoms with Crippen LogP contribution in [0.3, 0.4) is 0 Å². The molecule has 1 N–H and O–H groups in total. The van der Waals surface area contributed by atoms with Gasteiger partial charge in [-0.25, -0.2) is 9.48 Å². The molecule has 1 unspecified atom stereocenters. The second-order valence-corrected chi connectivity index (χ2v) is 5.06. The third kappa shape index (κ3) is 2.58. The normalized spacial score (nSPS) is 18.8. The van der Waals surface area contributed by atoms with Crippen molar-refractivity contribution in [3.8, 4) is 5.75 Å². The smallest absolute Gasteiger partial charge is 0.335 e. The van der Waals surface area contributed by atoms with Crippen LogP contribution in [-0.4, -0.2) is 34.1 Å². The molecule has 2 aromatic rings. The minimum Gasteiger partial charge on any atom is -0.492 e. The minimum atomic E-state index is -0.973. The van der Waals surface area contributed by atoms with Crippen molar-refractivity contribution >= 4 is 16.9 Å². The molecular weight excluding hydrogens is 272 g/mol. The average molecular weight is 290 g/mol. The van der Waals surface area contributed by atoms with E-state index in [-0.39, 0.29) is 11.8 Å². The number of hydrogen-bond donors (Lipinski definition) is 1. The number of hydrogen-bond acceptors (Lipinski definition) is 4. The first-order chi connectivity index (χ1) is 10.2. The third-order valence-corrected chi connectivity index (χ3v) is 3.63. The molecule has 0 aliphatic carbocycles. The average Bonchev–Trinajstić information content (AvgIpc) is 2.92. The topological polar surface area (TPSA) is 73.6 Å². The van der Waals surface area contributed by atoms with Crippen molar-refractivity contribution in [2.24, 2.45) is 0 Å².